The van der Waals surface area contributed by atoms with E-state index in [4.69, 9.17) is 4.74 Å². The molecule has 3 nitrogen and oxygen atoms in total. The lowest BCUT2D eigenvalue weighted by Gasteiger charge is -2.07. The second-order valence-corrected chi connectivity index (χ2v) is 3.24. The van der Waals surface area contributed by atoms with Crippen molar-refractivity contribution in [3.8, 4) is 5.75 Å². The second kappa shape index (κ2) is 3.01. The van der Waals surface area contributed by atoms with Gasteiger partial charge in [-0.15, -0.1) is 0 Å². The standard InChI is InChI=1S/C10H12O3/c1-13-9-4-2-3-6-7(9)5-8(11)10(6)12/h2-4,8,10-12H,5H2,1H3. The molecule has 1 aromatic carbocycles. The van der Waals surface area contributed by atoms with Crippen LogP contribution in [0, 0.1) is 0 Å². The average molecular weight is 180 g/mol. The van der Waals surface area contributed by atoms with E-state index in [1.54, 1.807) is 7.11 Å². The van der Waals surface area contributed by atoms with Gasteiger partial charge in [0.25, 0.3) is 0 Å². The molecular formula is C10H12O3. The van der Waals surface area contributed by atoms with Gasteiger partial charge < -0.3 is 14.9 Å². The number of hydrogen-bond donors (Lipinski definition) is 2. The summed E-state index contributed by atoms with van der Waals surface area (Å²) in [5.41, 5.74) is 1.71. The summed E-state index contributed by atoms with van der Waals surface area (Å²) in [6.45, 7) is 0. The van der Waals surface area contributed by atoms with E-state index in [-0.39, 0.29) is 0 Å². The molecule has 0 fully saturated rings. The summed E-state index contributed by atoms with van der Waals surface area (Å²) in [4.78, 5) is 0. The van der Waals surface area contributed by atoms with Gasteiger partial charge in [-0.25, -0.2) is 0 Å². The fourth-order valence-electron chi connectivity index (χ4n) is 1.80. The van der Waals surface area contributed by atoms with Gasteiger partial charge in [0.05, 0.1) is 13.2 Å². The highest BCUT2D eigenvalue weighted by atomic mass is 16.5. The Morgan fingerprint density at radius 1 is 1.38 bits per heavy atom. The number of rotatable bonds is 1. The molecule has 1 aromatic rings. The summed E-state index contributed by atoms with van der Waals surface area (Å²) in [5, 5.41) is 19.0. The van der Waals surface area contributed by atoms with Gasteiger partial charge in [0.15, 0.2) is 0 Å². The predicted molar refractivity (Wildman–Crippen MR) is 47.7 cm³/mol. The highest BCUT2D eigenvalue weighted by Gasteiger charge is 2.31. The van der Waals surface area contributed by atoms with E-state index >= 15 is 0 Å². The molecule has 0 amide bonds. The number of hydrogen-bond acceptors (Lipinski definition) is 3. The van der Waals surface area contributed by atoms with E-state index in [1.807, 2.05) is 18.2 Å². The Labute approximate surface area is 76.6 Å². The topological polar surface area (TPSA) is 49.7 Å². The third-order valence-electron chi connectivity index (χ3n) is 2.49. The van der Waals surface area contributed by atoms with Crippen LogP contribution in [-0.2, 0) is 6.42 Å². The normalized spacial score (nSPS) is 25.8. The van der Waals surface area contributed by atoms with Gasteiger partial charge in [0.1, 0.15) is 11.9 Å². The first-order chi connectivity index (χ1) is 6.24. The molecule has 0 aliphatic heterocycles. The molecule has 2 atom stereocenters. The Hall–Kier alpha value is -1.06. The van der Waals surface area contributed by atoms with E-state index in [9.17, 15) is 10.2 Å². The SMILES string of the molecule is COc1cccc2c1CC(O)C2O. The molecule has 0 saturated heterocycles. The molecule has 1 aliphatic rings. The summed E-state index contributed by atoms with van der Waals surface area (Å²) < 4.78 is 5.13. The molecule has 2 unspecified atom stereocenters. The molecule has 0 spiro atoms. The van der Waals surface area contributed by atoms with Gasteiger partial charge in [-0.05, 0) is 11.6 Å². The predicted octanol–water partition coefficient (Wildman–Crippen LogP) is 0.646. The van der Waals surface area contributed by atoms with Crippen molar-refractivity contribution in [3.63, 3.8) is 0 Å². The lowest BCUT2D eigenvalue weighted by Crippen LogP contribution is -2.11. The quantitative estimate of drug-likeness (QED) is 0.667. The summed E-state index contributed by atoms with van der Waals surface area (Å²) in [6.07, 6.45) is -0.975. The molecule has 2 N–H and O–H groups in total. The zero-order valence-electron chi connectivity index (χ0n) is 7.40. The molecule has 13 heavy (non-hydrogen) atoms. The van der Waals surface area contributed by atoms with Crippen LogP contribution in [0.2, 0.25) is 0 Å². The summed E-state index contributed by atoms with van der Waals surface area (Å²) in [7, 11) is 1.59. The lowest BCUT2D eigenvalue weighted by atomic mass is 10.1. The molecule has 0 aromatic heterocycles. The Morgan fingerprint density at radius 2 is 2.15 bits per heavy atom. The third kappa shape index (κ3) is 1.20. The van der Waals surface area contributed by atoms with Crippen LogP contribution in [0.15, 0.2) is 18.2 Å². The number of methoxy groups -OCH3 is 1. The van der Waals surface area contributed by atoms with E-state index in [0.717, 1.165) is 16.9 Å². The number of fused-ring (bicyclic) bond motifs is 1. The van der Waals surface area contributed by atoms with Crippen LogP contribution < -0.4 is 4.74 Å². The fourth-order valence-corrected chi connectivity index (χ4v) is 1.80. The minimum absolute atomic E-state index is 0.473. The summed E-state index contributed by atoms with van der Waals surface area (Å²) >= 11 is 0. The van der Waals surface area contributed by atoms with Crippen LogP contribution >= 0.6 is 0 Å². The second-order valence-electron chi connectivity index (χ2n) is 3.24. The summed E-state index contributed by atoms with van der Waals surface area (Å²) in [6, 6.07) is 5.47. The molecule has 1 aliphatic carbocycles. The fraction of sp³-hybridized carbons (Fsp3) is 0.400. The zero-order chi connectivity index (χ0) is 9.42. The zero-order valence-corrected chi connectivity index (χ0v) is 7.40. The smallest absolute Gasteiger partial charge is 0.122 e. The molecule has 3 heteroatoms. The maximum atomic E-state index is 9.56. The van der Waals surface area contributed by atoms with Crippen molar-refractivity contribution in [2.24, 2.45) is 0 Å². The van der Waals surface area contributed by atoms with Crippen molar-refractivity contribution in [1.29, 1.82) is 0 Å². The lowest BCUT2D eigenvalue weighted by molar-refractivity contribution is 0.0326. The van der Waals surface area contributed by atoms with E-state index in [1.165, 1.54) is 0 Å². The van der Waals surface area contributed by atoms with Crippen LogP contribution in [0.5, 0.6) is 5.75 Å². The van der Waals surface area contributed by atoms with Crippen molar-refractivity contribution in [2.45, 2.75) is 18.6 Å². The average Bonchev–Trinajstić information content (AvgIpc) is 2.43. The van der Waals surface area contributed by atoms with Crippen molar-refractivity contribution in [2.75, 3.05) is 7.11 Å². The molecule has 0 saturated carbocycles. The Morgan fingerprint density at radius 3 is 2.85 bits per heavy atom. The molecule has 0 radical (unpaired) electrons. The highest BCUT2D eigenvalue weighted by molar-refractivity contribution is 5.45. The minimum Gasteiger partial charge on any atom is -0.496 e. The van der Waals surface area contributed by atoms with Gasteiger partial charge in [-0.1, -0.05) is 12.1 Å². The largest absolute Gasteiger partial charge is 0.496 e. The van der Waals surface area contributed by atoms with E-state index in [0.29, 0.717) is 6.42 Å². The van der Waals surface area contributed by atoms with Crippen molar-refractivity contribution in [3.05, 3.63) is 29.3 Å². The number of ether oxygens (including phenoxy) is 1. The van der Waals surface area contributed by atoms with Crippen LogP contribution in [0.4, 0.5) is 0 Å². The van der Waals surface area contributed by atoms with Crippen LogP contribution in [0.1, 0.15) is 17.2 Å². The molecule has 0 heterocycles. The number of aliphatic hydroxyl groups is 2. The first-order valence-corrected chi connectivity index (χ1v) is 4.26. The van der Waals surface area contributed by atoms with Gasteiger partial charge >= 0.3 is 0 Å². The van der Waals surface area contributed by atoms with Gasteiger partial charge in [0, 0.05) is 12.0 Å². The summed E-state index contributed by atoms with van der Waals surface area (Å²) in [5.74, 6) is 0.744. The Kier molecular flexibility index (Phi) is 1.98. The molecule has 2 rings (SSSR count). The van der Waals surface area contributed by atoms with Crippen molar-refractivity contribution < 1.29 is 14.9 Å². The third-order valence-corrected chi connectivity index (χ3v) is 2.49. The Balaban J connectivity index is 2.49. The van der Waals surface area contributed by atoms with Crippen LogP contribution in [0.3, 0.4) is 0 Å². The Bertz CT molecular complexity index is 322. The van der Waals surface area contributed by atoms with Gasteiger partial charge in [0.2, 0.25) is 0 Å². The van der Waals surface area contributed by atoms with E-state index in [2.05, 4.69) is 0 Å². The van der Waals surface area contributed by atoms with Gasteiger partial charge in [-0.3, -0.25) is 0 Å². The van der Waals surface area contributed by atoms with Crippen LogP contribution in [-0.4, -0.2) is 23.4 Å². The minimum atomic E-state index is -0.759. The van der Waals surface area contributed by atoms with E-state index < -0.39 is 12.2 Å². The number of aliphatic hydroxyl groups excluding tert-OH is 2. The highest BCUT2D eigenvalue weighted by Crippen LogP contribution is 2.36. The van der Waals surface area contributed by atoms with Gasteiger partial charge in [-0.2, -0.15) is 0 Å². The monoisotopic (exact) mass is 180 g/mol. The first kappa shape index (κ1) is 8.53. The maximum Gasteiger partial charge on any atom is 0.122 e. The first-order valence-electron chi connectivity index (χ1n) is 4.26. The van der Waals surface area contributed by atoms with Crippen molar-refractivity contribution >= 4 is 0 Å². The molecule has 0 bridgehead atoms. The van der Waals surface area contributed by atoms with Crippen molar-refractivity contribution in [1.82, 2.24) is 0 Å². The molecule has 70 valence electrons. The number of benzene rings is 1. The van der Waals surface area contributed by atoms with Crippen LogP contribution in [0.25, 0.3) is 0 Å². The molecular weight excluding hydrogens is 168 g/mol. The maximum absolute atomic E-state index is 9.56.